The quantitative estimate of drug-likeness (QED) is 0.798. The molecule has 154 valence electrons. The topological polar surface area (TPSA) is 91.6 Å². The van der Waals surface area contributed by atoms with Crippen LogP contribution in [0.3, 0.4) is 0 Å². The van der Waals surface area contributed by atoms with Gasteiger partial charge in [-0.1, -0.05) is 25.7 Å². The lowest BCUT2D eigenvalue weighted by Crippen LogP contribution is -2.50. The Morgan fingerprint density at radius 1 is 0.966 bits per heavy atom. The van der Waals surface area contributed by atoms with Crippen LogP contribution < -0.4 is 5.32 Å². The van der Waals surface area contributed by atoms with Crippen LogP contribution in [-0.4, -0.2) is 63.8 Å². The summed E-state index contributed by atoms with van der Waals surface area (Å²) < 4.78 is 5.18. The van der Waals surface area contributed by atoms with E-state index < -0.39 is 0 Å². The van der Waals surface area contributed by atoms with E-state index >= 15 is 0 Å². The maximum Gasteiger partial charge on any atom is 0.289 e. The number of rotatable bonds is 4. The molecule has 3 heterocycles. The van der Waals surface area contributed by atoms with Crippen LogP contribution in [0.1, 0.15) is 59.6 Å². The lowest BCUT2D eigenvalue weighted by Gasteiger charge is -2.34. The van der Waals surface area contributed by atoms with E-state index in [1.807, 2.05) is 0 Å². The molecule has 1 saturated carbocycles. The van der Waals surface area contributed by atoms with Crippen molar-refractivity contribution in [2.45, 2.75) is 44.6 Å². The molecular formula is C21H27N5O3. The average molecular weight is 397 g/mol. The molecule has 0 spiro atoms. The normalized spacial score (nSPS) is 18.3. The second-order valence-corrected chi connectivity index (χ2v) is 7.68. The molecule has 1 aliphatic heterocycles. The molecule has 0 radical (unpaired) electrons. The fraction of sp³-hybridized carbons (Fsp3) is 0.524. The molecule has 8 heteroatoms. The van der Waals surface area contributed by atoms with Crippen LogP contribution in [0.5, 0.6) is 0 Å². The predicted molar refractivity (Wildman–Crippen MR) is 108 cm³/mol. The lowest BCUT2D eigenvalue weighted by molar-refractivity contribution is 0.0515. The SMILES string of the molecule is O=C(c1cc(NC2CCCCCC2)ncn1)N1CCN(C(=O)c2ccco2)CC1. The van der Waals surface area contributed by atoms with Gasteiger partial charge in [0, 0.05) is 38.3 Å². The van der Waals surface area contributed by atoms with Gasteiger partial charge < -0.3 is 19.5 Å². The van der Waals surface area contributed by atoms with Gasteiger partial charge in [0.1, 0.15) is 17.8 Å². The number of hydrogen-bond donors (Lipinski definition) is 1. The fourth-order valence-electron chi connectivity index (χ4n) is 4.02. The van der Waals surface area contributed by atoms with E-state index in [2.05, 4.69) is 15.3 Å². The largest absolute Gasteiger partial charge is 0.459 e. The van der Waals surface area contributed by atoms with E-state index in [4.69, 9.17) is 4.42 Å². The smallest absolute Gasteiger partial charge is 0.289 e. The molecule has 2 fully saturated rings. The van der Waals surface area contributed by atoms with Gasteiger partial charge in [-0.15, -0.1) is 0 Å². The number of nitrogens with zero attached hydrogens (tertiary/aromatic N) is 4. The van der Waals surface area contributed by atoms with Gasteiger partial charge in [-0.25, -0.2) is 9.97 Å². The summed E-state index contributed by atoms with van der Waals surface area (Å²) in [7, 11) is 0. The maximum atomic E-state index is 12.9. The van der Waals surface area contributed by atoms with Gasteiger partial charge in [0.2, 0.25) is 0 Å². The zero-order chi connectivity index (χ0) is 20.1. The summed E-state index contributed by atoms with van der Waals surface area (Å²) in [5, 5.41) is 3.47. The van der Waals surface area contributed by atoms with Crippen LogP contribution >= 0.6 is 0 Å². The Morgan fingerprint density at radius 3 is 2.31 bits per heavy atom. The van der Waals surface area contributed by atoms with Crippen molar-refractivity contribution in [3.63, 3.8) is 0 Å². The molecule has 29 heavy (non-hydrogen) atoms. The van der Waals surface area contributed by atoms with E-state index in [0.717, 1.165) is 12.8 Å². The van der Waals surface area contributed by atoms with Crippen molar-refractivity contribution in [2.75, 3.05) is 31.5 Å². The number of furan rings is 1. The van der Waals surface area contributed by atoms with Gasteiger partial charge in [0.05, 0.1) is 6.26 Å². The highest BCUT2D eigenvalue weighted by Gasteiger charge is 2.27. The van der Waals surface area contributed by atoms with Gasteiger partial charge in [-0.3, -0.25) is 9.59 Å². The number of hydrogen-bond acceptors (Lipinski definition) is 6. The summed E-state index contributed by atoms with van der Waals surface area (Å²) in [5.41, 5.74) is 0.391. The van der Waals surface area contributed by atoms with Gasteiger partial charge in [0.25, 0.3) is 11.8 Å². The standard InChI is InChI=1S/C21H27N5O3/c27-20(25-9-11-26(12-10-25)21(28)18-8-5-13-29-18)17-14-19(23-15-22-17)24-16-6-3-1-2-4-7-16/h5,8,13-16H,1-4,6-7,9-12H2,(H,22,23,24). The third kappa shape index (κ3) is 4.75. The Balaban J connectivity index is 1.34. The molecular weight excluding hydrogens is 370 g/mol. The third-order valence-corrected chi connectivity index (χ3v) is 5.68. The molecule has 1 saturated heterocycles. The van der Waals surface area contributed by atoms with Gasteiger partial charge in [-0.2, -0.15) is 0 Å². The minimum atomic E-state index is -0.140. The first-order valence-electron chi connectivity index (χ1n) is 10.4. The molecule has 0 atom stereocenters. The second kappa shape index (κ2) is 9.07. The number of carbonyl (C=O) groups excluding carboxylic acids is 2. The van der Waals surface area contributed by atoms with Crippen LogP contribution in [0, 0.1) is 0 Å². The number of aromatic nitrogens is 2. The van der Waals surface area contributed by atoms with Crippen molar-refractivity contribution in [1.82, 2.24) is 19.8 Å². The first kappa shape index (κ1) is 19.4. The van der Waals surface area contributed by atoms with E-state index in [9.17, 15) is 9.59 Å². The van der Waals surface area contributed by atoms with Crippen molar-refractivity contribution in [3.05, 3.63) is 42.2 Å². The number of carbonyl (C=O) groups is 2. The van der Waals surface area contributed by atoms with E-state index in [-0.39, 0.29) is 11.8 Å². The molecule has 2 aliphatic rings. The zero-order valence-electron chi connectivity index (χ0n) is 16.5. The summed E-state index contributed by atoms with van der Waals surface area (Å²) in [5.74, 6) is 0.775. The monoisotopic (exact) mass is 397 g/mol. The molecule has 4 rings (SSSR count). The van der Waals surface area contributed by atoms with Crippen LogP contribution in [0.2, 0.25) is 0 Å². The molecule has 0 bridgehead atoms. The molecule has 8 nitrogen and oxygen atoms in total. The Bertz CT molecular complexity index is 823. The fourth-order valence-corrected chi connectivity index (χ4v) is 4.02. The first-order valence-corrected chi connectivity index (χ1v) is 10.4. The summed E-state index contributed by atoms with van der Waals surface area (Å²) >= 11 is 0. The molecule has 2 aromatic rings. The van der Waals surface area contributed by atoms with Gasteiger partial charge in [-0.05, 0) is 25.0 Å². The third-order valence-electron chi connectivity index (χ3n) is 5.68. The molecule has 2 aromatic heterocycles. The highest BCUT2D eigenvalue weighted by atomic mass is 16.3. The Hall–Kier alpha value is -2.90. The molecule has 2 amide bonds. The Kier molecular flexibility index (Phi) is 6.07. The van der Waals surface area contributed by atoms with Crippen LogP contribution in [0.15, 0.2) is 35.2 Å². The average Bonchev–Trinajstić information content (AvgIpc) is 3.18. The molecule has 0 aromatic carbocycles. The summed E-state index contributed by atoms with van der Waals surface area (Å²) in [4.78, 5) is 37.2. The highest BCUT2D eigenvalue weighted by Crippen LogP contribution is 2.21. The molecule has 1 N–H and O–H groups in total. The number of anilines is 1. The Morgan fingerprint density at radius 2 is 1.66 bits per heavy atom. The van der Waals surface area contributed by atoms with Crippen molar-refractivity contribution < 1.29 is 14.0 Å². The minimum Gasteiger partial charge on any atom is -0.459 e. The van der Waals surface area contributed by atoms with Crippen molar-refractivity contribution in [3.8, 4) is 0 Å². The van der Waals surface area contributed by atoms with Gasteiger partial charge >= 0.3 is 0 Å². The van der Waals surface area contributed by atoms with Crippen molar-refractivity contribution in [2.24, 2.45) is 0 Å². The summed E-state index contributed by atoms with van der Waals surface area (Å²) in [6.45, 7) is 1.90. The van der Waals surface area contributed by atoms with Crippen molar-refractivity contribution >= 4 is 17.6 Å². The van der Waals surface area contributed by atoms with E-state index in [1.165, 1.54) is 38.3 Å². The van der Waals surface area contributed by atoms with Gasteiger partial charge in [0.15, 0.2) is 5.76 Å². The summed E-state index contributed by atoms with van der Waals surface area (Å²) in [6, 6.07) is 5.51. The first-order chi connectivity index (χ1) is 14.2. The molecule has 0 unspecified atom stereocenters. The predicted octanol–water partition coefficient (Wildman–Crippen LogP) is 2.80. The van der Waals surface area contributed by atoms with E-state index in [1.54, 1.807) is 28.0 Å². The van der Waals surface area contributed by atoms with Crippen LogP contribution in [0.25, 0.3) is 0 Å². The maximum absolute atomic E-state index is 12.9. The number of amides is 2. The highest BCUT2D eigenvalue weighted by molar-refractivity contribution is 5.94. The number of nitrogens with one attached hydrogen (secondary N) is 1. The molecule has 1 aliphatic carbocycles. The van der Waals surface area contributed by atoms with E-state index in [0.29, 0.717) is 49.5 Å². The van der Waals surface area contributed by atoms with Crippen LogP contribution in [0.4, 0.5) is 5.82 Å². The van der Waals surface area contributed by atoms with Crippen LogP contribution in [-0.2, 0) is 0 Å². The summed E-state index contributed by atoms with van der Waals surface area (Å²) in [6.07, 6.45) is 10.3. The zero-order valence-corrected chi connectivity index (χ0v) is 16.5. The minimum absolute atomic E-state index is 0.124. The number of piperazine rings is 1. The lowest BCUT2D eigenvalue weighted by atomic mass is 10.1. The second-order valence-electron chi connectivity index (χ2n) is 7.68. The van der Waals surface area contributed by atoms with Crippen molar-refractivity contribution in [1.29, 1.82) is 0 Å². The Labute approximate surface area is 170 Å².